The van der Waals surface area contributed by atoms with Gasteiger partial charge in [0.25, 0.3) is 0 Å². The van der Waals surface area contributed by atoms with Crippen LogP contribution in [0.2, 0.25) is 5.02 Å². The second kappa shape index (κ2) is 6.84. The summed E-state index contributed by atoms with van der Waals surface area (Å²) in [6.45, 7) is 5.85. The lowest BCUT2D eigenvalue weighted by atomic mass is 10.1. The molecule has 0 bridgehead atoms. The summed E-state index contributed by atoms with van der Waals surface area (Å²) in [6, 6.07) is 18.4. The van der Waals surface area contributed by atoms with Gasteiger partial charge in [-0.25, -0.2) is 0 Å². The Labute approximate surface area is 136 Å². The largest absolute Gasteiger partial charge is 0.368 e. The molecule has 0 aromatic heterocycles. The van der Waals surface area contributed by atoms with Crippen LogP contribution >= 0.6 is 11.6 Å². The average Bonchev–Trinajstić information content (AvgIpc) is 2.57. The first-order valence-electron chi connectivity index (χ1n) is 7.59. The molecule has 0 aliphatic carbocycles. The Balaban J connectivity index is 1.64. The third-order valence-corrected chi connectivity index (χ3v) is 4.26. The lowest BCUT2D eigenvalue weighted by molar-refractivity contribution is 0.270. The van der Waals surface area contributed by atoms with E-state index in [1.807, 2.05) is 31.2 Å². The van der Waals surface area contributed by atoms with Gasteiger partial charge in [0.1, 0.15) is 0 Å². The van der Waals surface area contributed by atoms with Crippen molar-refractivity contribution in [2.75, 3.05) is 31.1 Å². The summed E-state index contributed by atoms with van der Waals surface area (Å²) in [6.07, 6.45) is 0. The molecule has 0 N–H and O–H groups in total. The quantitative estimate of drug-likeness (QED) is 0.801. The highest BCUT2D eigenvalue weighted by Gasteiger charge is 2.16. The van der Waals surface area contributed by atoms with Crippen LogP contribution in [0.15, 0.2) is 59.7 Å². The Hall–Kier alpha value is -2.00. The second-order valence-electron chi connectivity index (χ2n) is 5.44. The number of para-hydroxylation sites is 1. The molecule has 2 aromatic rings. The summed E-state index contributed by atoms with van der Waals surface area (Å²) < 4.78 is 0. The minimum Gasteiger partial charge on any atom is -0.368 e. The van der Waals surface area contributed by atoms with Crippen molar-refractivity contribution in [2.45, 2.75) is 6.92 Å². The molecule has 3 nitrogen and oxygen atoms in total. The molecule has 4 heteroatoms. The van der Waals surface area contributed by atoms with Crippen LogP contribution in [0.4, 0.5) is 5.69 Å². The minimum atomic E-state index is 0.756. The van der Waals surface area contributed by atoms with Gasteiger partial charge in [-0.15, -0.1) is 0 Å². The summed E-state index contributed by atoms with van der Waals surface area (Å²) in [4.78, 5) is 2.40. The highest BCUT2D eigenvalue weighted by Crippen LogP contribution is 2.18. The van der Waals surface area contributed by atoms with Gasteiger partial charge in [-0.3, -0.25) is 5.01 Å². The van der Waals surface area contributed by atoms with Crippen molar-refractivity contribution < 1.29 is 0 Å². The van der Waals surface area contributed by atoms with Gasteiger partial charge in [-0.2, -0.15) is 5.10 Å². The van der Waals surface area contributed by atoms with Gasteiger partial charge in [0, 0.05) is 29.4 Å². The number of rotatable bonds is 3. The normalized spacial score (nSPS) is 16.0. The molecule has 1 heterocycles. The Morgan fingerprint density at radius 3 is 2.23 bits per heavy atom. The molecule has 0 radical (unpaired) electrons. The third kappa shape index (κ3) is 3.42. The maximum absolute atomic E-state index is 6.23. The number of piperazine rings is 1. The standard InChI is InChI=1S/C18H20ClN3/c1-15(17-9-5-6-10-18(17)19)20-22-13-11-21(12-14-22)16-7-3-2-4-8-16/h2-10H,11-14H2,1H3/b20-15+. The van der Waals surface area contributed by atoms with E-state index >= 15 is 0 Å². The van der Waals surface area contributed by atoms with E-state index in [2.05, 4.69) is 40.2 Å². The fraction of sp³-hybridized carbons (Fsp3) is 0.278. The van der Waals surface area contributed by atoms with Gasteiger partial charge in [0.05, 0.1) is 18.8 Å². The number of nitrogens with zero attached hydrogens (tertiary/aromatic N) is 3. The SMILES string of the molecule is C/C(=N\N1CCN(c2ccccc2)CC1)c1ccccc1Cl. The molecule has 22 heavy (non-hydrogen) atoms. The Morgan fingerprint density at radius 2 is 1.55 bits per heavy atom. The lowest BCUT2D eigenvalue weighted by Gasteiger charge is -2.35. The molecule has 1 aliphatic heterocycles. The van der Waals surface area contributed by atoms with Crippen LogP contribution in [0.3, 0.4) is 0 Å². The fourth-order valence-corrected chi connectivity index (χ4v) is 2.99. The molecule has 0 spiro atoms. The smallest absolute Gasteiger partial charge is 0.0661 e. The lowest BCUT2D eigenvalue weighted by Crippen LogP contribution is -2.44. The Bertz CT molecular complexity index is 646. The monoisotopic (exact) mass is 313 g/mol. The molecular formula is C18H20ClN3. The molecule has 0 unspecified atom stereocenters. The Morgan fingerprint density at radius 1 is 0.909 bits per heavy atom. The molecule has 0 atom stereocenters. The number of anilines is 1. The number of hydrogen-bond donors (Lipinski definition) is 0. The molecule has 1 aliphatic rings. The van der Waals surface area contributed by atoms with Crippen molar-refractivity contribution in [2.24, 2.45) is 5.10 Å². The number of hydrazone groups is 1. The van der Waals surface area contributed by atoms with Gasteiger partial charge < -0.3 is 4.90 Å². The van der Waals surface area contributed by atoms with Crippen molar-refractivity contribution >= 4 is 23.0 Å². The van der Waals surface area contributed by atoms with Crippen LogP contribution in [0.5, 0.6) is 0 Å². The first-order valence-corrected chi connectivity index (χ1v) is 7.97. The number of benzene rings is 2. The van der Waals surface area contributed by atoms with E-state index in [0.29, 0.717) is 0 Å². The predicted molar refractivity (Wildman–Crippen MR) is 93.9 cm³/mol. The van der Waals surface area contributed by atoms with Gasteiger partial charge in [0.2, 0.25) is 0 Å². The summed E-state index contributed by atoms with van der Waals surface area (Å²) >= 11 is 6.23. The van der Waals surface area contributed by atoms with Gasteiger partial charge >= 0.3 is 0 Å². The van der Waals surface area contributed by atoms with Gasteiger partial charge in [-0.1, -0.05) is 48.0 Å². The zero-order chi connectivity index (χ0) is 15.4. The van der Waals surface area contributed by atoms with Crippen LogP contribution in [-0.2, 0) is 0 Å². The summed E-state index contributed by atoms with van der Waals surface area (Å²) in [7, 11) is 0. The molecule has 0 amide bonds. The van der Waals surface area contributed by atoms with Crippen LogP contribution in [0.25, 0.3) is 0 Å². The topological polar surface area (TPSA) is 18.8 Å². The van der Waals surface area contributed by atoms with Crippen molar-refractivity contribution in [3.63, 3.8) is 0 Å². The maximum Gasteiger partial charge on any atom is 0.0661 e. The van der Waals surface area contributed by atoms with E-state index in [0.717, 1.165) is 42.5 Å². The highest BCUT2D eigenvalue weighted by atomic mass is 35.5. The predicted octanol–water partition coefficient (Wildman–Crippen LogP) is 3.89. The molecule has 1 fully saturated rings. The van der Waals surface area contributed by atoms with E-state index < -0.39 is 0 Å². The first kappa shape index (κ1) is 14.9. The third-order valence-electron chi connectivity index (χ3n) is 3.93. The van der Waals surface area contributed by atoms with E-state index in [-0.39, 0.29) is 0 Å². The minimum absolute atomic E-state index is 0.756. The zero-order valence-corrected chi connectivity index (χ0v) is 13.5. The van der Waals surface area contributed by atoms with E-state index in [1.165, 1.54) is 5.69 Å². The van der Waals surface area contributed by atoms with Crippen LogP contribution in [-0.4, -0.2) is 36.9 Å². The average molecular weight is 314 g/mol. The van der Waals surface area contributed by atoms with Gasteiger partial charge in [0.15, 0.2) is 0 Å². The molecule has 3 rings (SSSR count). The summed E-state index contributed by atoms with van der Waals surface area (Å²) in [5.41, 5.74) is 3.27. The number of halogens is 1. The second-order valence-corrected chi connectivity index (χ2v) is 5.85. The summed E-state index contributed by atoms with van der Waals surface area (Å²) in [5.74, 6) is 0. The van der Waals surface area contributed by atoms with Crippen molar-refractivity contribution in [3.05, 3.63) is 65.2 Å². The highest BCUT2D eigenvalue weighted by molar-refractivity contribution is 6.34. The van der Waals surface area contributed by atoms with E-state index in [1.54, 1.807) is 0 Å². The number of hydrogen-bond acceptors (Lipinski definition) is 3. The van der Waals surface area contributed by atoms with Crippen LogP contribution in [0.1, 0.15) is 12.5 Å². The first-order chi connectivity index (χ1) is 10.7. The van der Waals surface area contributed by atoms with Crippen molar-refractivity contribution in [1.82, 2.24) is 5.01 Å². The maximum atomic E-state index is 6.23. The molecule has 1 saturated heterocycles. The zero-order valence-electron chi connectivity index (χ0n) is 12.7. The van der Waals surface area contributed by atoms with Crippen LogP contribution in [0, 0.1) is 0 Å². The molecule has 2 aromatic carbocycles. The molecular weight excluding hydrogens is 294 g/mol. The van der Waals surface area contributed by atoms with Crippen LogP contribution < -0.4 is 4.90 Å². The van der Waals surface area contributed by atoms with Crippen molar-refractivity contribution in [3.8, 4) is 0 Å². The molecule has 114 valence electrons. The molecule has 0 saturated carbocycles. The Kier molecular flexibility index (Phi) is 4.64. The fourth-order valence-electron chi connectivity index (χ4n) is 2.71. The van der Waals surface area contributed by atoms with E-state index in [9.17, 15) is 0 Å². The summed E-state index contributed by atoms with van der Waals surface area (Å²) in [5, 5.41) is 7.63. The van der Waals surface area contributed by atoms with E-state index in [4.69, 9.17) is 16.7 Å². The van der Waals surface area contributed by atoms with Gasteiger partial charge in [-0.05, 0) is 25.1 Å². The van der Waals surface area contributed by atoms with Crippen molar-refractivity contribution in [1.29, 1.82) is 0 Å².